The first kappa shape index (κ1) is 16.3. The molecule has 0 aliphatic rings. The van der Waals surface area contributed by atoms with Crippen molar-refractivity contribution in [3.8, 4) is 0 Å². The second kappa shape index (κ2) is 6.09. The number of nitrogens with zero attached hydrogens (tertiary/aromatic N) is 1. The number of nitrogens with one attached hydrogen (secondary N) is 1. The number of H-pyrrole nitrogens is 1. The maximum atomic E-state index is 13.2. The first-order valence-corrected chi connectivity index (χ1v) is 8.99. The largest absolute Gasteiger partial charge is 0.478 e. The van der Waals surface area contributed by atoms with Gasteiger partial charge in [0.25, 0.3) is 5.56 Å². The number of pyridine rings is 1. The minimum Gasteiger partial charge on any atom is -0.478 e. The van der Waals surface area contributed by atoms with Gasteiger partial charge in [-0.3, -0.25) is 9.20 Å². The number of benzene rings is 3. The summed E-state index contributed by atoms with van der Waals surface area (Å²) in [5.41, 5.74) is 4.17. The molecule has 0 radical (unpaired) electrons. The number of carboxylic acid groups (broad SMARTS) is 1. The van der Waals surface area contributed by atoms with E-state index in [4.69, 9.17) is 0 Å². The average molecular weight is 368 g/mol. The van der Waals surface area contributed by atoms with E-state index in [1.165, 1.54) is 0 Å². The van der Waals surface area contributed by atoms with Crippen molar-refractivity contribution in [3.63, 3.8) is 0 Å². The van der Waals surface area contributed by atoms with E-state index in [1.54, 1.807) is 16.5 Å². The molecule has 0 amide bonds. The maximum absolute atomic E-state index is 13.2. The second-order valence-corrected chi connectivity index (χ2v) is 6.79. The van der Waals surface area contributed by atoms with E-state index in [1.807, 2.05) is 60.7 Å². The van der Waals surface area contributed by atoms with E-state index in [9.17, 15) is 14.7 Å². The first-order valence-electron chi connectivity index (χ1n) is 8.99. The van der Waals surface area contributed by atoms with Gasteiger partial charge < -0.3 is 10.1 Å². The Balaban J connectivity index is 1.91. The van der Waals surface area contributed by atoms with E-state index < -0.39 is 5.97 Å². The molecule has 0 aliphatic heterocycles. The Labute approximate surface area is 159 Å². The monoisotopic (exact) mass is 368 g/mol. The lowest BCUT2D eigenvalue weighted by molar-refractivity contribution is 0.0696. The number of carbonyl (C=O) groups is 1. The average Bonchev–Trinajstić information content (AvgIpc) is 3.11. The van der Waals surface area contributed by atoms with Gasteiger partial charge in [-0.1, -0.05) is 48.5 Å². The van der Waals surface area contributed by atoms with Crippen LogP contribution in [0.5, 0.6) is 0 Å². The van der Waals surface area contributed by atoms with Crippen LogP contribution in [0, 0.1) is 0 Å². The third-order valence-corrected chi connectivity index (χ3v) is 5.21. The quantitative estimate of drug-likeness (QED) is 0.501. The molecule has 2 aromatic heterocycles. The zero-order chi connectivity index (χ0) is 19.3. The first-order chi connectivity index (χ1) is 13.6. The lowest BCUT2D eigenvalue weighted by Crippen LogP contribution is -2.15. The molecule has 2 heterocycles. The van der Waals surface area contributed by atoms with Crippen molar-refractivity contribution in [1.82, 2.24) is 9.38 Å². The molecule has 0 atom stereocenters. The van der Waals surface area contributed by atoms with Gasteiger partial charge in [-0.2, -0.15) is 0 Å². The zero-order valence-electron chi connectivity index (χ0n) is 14.8. The Morgan fingerprint density at radius 2 is 1.57 bits per heavy atom. The Hall–Kier alpha value is -3.86. The number of aromatic carboxylic acids is 1. The molecule has 3 aromatic carbocycles. The molecule has 0 saturated heterocycles. The third kappa shape index (κ3) is 2.33. The Morgan fingerprint density at radius 3 is 2.39 bits per heavy atom. The normalized spacial score (nSPS) is 11.4. The number of rotatable bonds is 3. The molecule has 0 saturated carbocycles. The molecular weight excluding hydrogens is 352 g/mol. The summed E-state index contributed by atoms with van der Waals surface area (Å²) in [5, 5.41) is 11.0. The topological polar surface area (TPSA) is 74.6 Å². The highest BCUT2D eigenvalue weighted by Crippen LogP contribution is 2.27. The summed E-state index contributed by atoms with van der Waals surface area (Å²) in [6.07, 6.45) is 0.402. The van der Waals surface area contributed by atoms with Crippen molar-refractivity contribution >= 4 is 33.4 Å². The number of aromatic nitrogens is 2. The van der Waals surface area contributed by atoms with Crippen LogP contribution < -0.4 is 5.56 Å². The third-order valence-electron chi connectivity index (χ3n) is 5.21. The van der Waals surface area contributed by atoms with E-state index >= 15 is 0 Å². The van der Waals surface area contributed by atoms with Gasteiger partial charge in [-0.25, -0.2) is 4.79 Å². The molecule has 0 bridgehead atoms. The van der Waals surface area contributed by atoms with Crippen molar-refractivity contribution in [3.05, 3.63) is 99.8 Å². The SMILES string of the molecule is O=C(O)c1ccccc1Cc1c2ccccc2c(=O)n2c1[nH]c1ccccc12. The molecule has 0 unspecified atom stereocenters. The number of hydrogen-bond donors (Lipinski definition) is 2. The predicted molar refractivity (Wildman–Crippen MR) is 109 cm³/mol. The molecule has 5 nitrogen and oxygen atoms in total. The molecule has 0 spiro atoms. The molecule has 136 valence electrons. The lowest BCUT2D eigenvalue weighted by Gasteiger charge is -2.11. The van der Waals surface area contributed by atoms with Gasteiger partial charge in [0.15, 0.2) is 0 Å². The van der Waals surface area contributed by atoms with Crippen LogP contribution in [-0.2, 0) is 6.42 Å². The summed E-state index contributed by atoms with van der Waals surface area (Å²) >= 11 is 0. The predicted octanol–water partition coefficient (Wildman–Crippen LogP) is 4.22. The number of imidazole rings is 1. The van der Waals surface area contributed by atoms with Gasteiger partial charge in [0.05, 0.1) is 16.6 Å². The summed E-state index contributed by atoms with van der Waals surface area (Å²) in [6.45, 7) is 0. The van der Waals surface area contributed by atoms with Crippen LogP contribution in [0.15, 0.2) is 77.6 Å². The van der Waals surface area contributed by atoms with E-state index in [0.717, 1.165) is 22.0 Å². The van der Waals surface area contributed by atoms with Crippen molar-refractivity contribution in [2.75, 3.05) is 0 Å². The molecule has 5 aromatic rings. The van der Waals surface area contributed by atoms with Crippen LogP contribution in [0.1, 0.15) is 21.5 Å². The van der Waals surface area contributed by atoms with Gasteiger partial charge in [-0.05, 0) is 35.2 Å². The highest BCUT2D eigenvalue weighted by atomic mass is 16.4. The van der Waals surface area contributed by atoms with Crippen LogP contribution in [-0.4, -0.2) is 20.5 Å². The summed E-state index contributed by atoms with van der Waals surface area (Å²) in [5.74, 6) is -0.958. The van der Waals surface area contributed by atoms with Crippen molar-refractivity contribution < 1.29 is 9.90 Å². The van der Waals surface area contributed by atoms with Crippen molar-refractivity contribution in [1.29, 1.82) is 0 Å². The molecule has 5 rings (SSSR count). The van der Waals surface area contributed by atoms with E-state index in [-0.39, 0.29) is 11.1 Å². The highest BCUT2D eigenvalue weighted by molar-refractivity contribution is 5.94. The number of fused-ring (bicyclic) bond motifs is 4. The van der Waals surface area contributed by atoms with Crippen LogP contribution in [0.3, 0.4) is 0 Å². The minimum atomic E-state index is -0.958. The Bertz CT molecular complexity index is 1440. The van der Waals surface area contributed by atoms with Gasteiger partial charge in [-0.15, -0.1) is 0 Å². The number of para-hydroxylation sites is 2. The molecule has 2 N–H and O–H groups in total. The summed E-state index contributed by atoms with van der Waals surface area (Å²) in [4.78, 5) is 28.2. The molecule has 5 heteroatoms. The summed E-state index contributed by atoms with van der Waals surface area (Å²) < 4.78 is 1.69. The summed E-state index contributed by atoms with van der Waals surface area (Å²) in [6, 6.07) is 22.1. The maximum Gasteiger partial charge on any atom is 0.335 e. The van der Waals surface area contributed by atoms with E-state index in [0.29, 0.717) is 23.0 Å². The highest BCUT2D eigenvalue weighted by Gasteiger charge is 2.18. The van der Waals surface area contributed by atoms with Gasteiger partial charge >= 0.3 is 5.97 Å². The molecular formula is C23H16N2O3. The van der Waals surface area contributed by atoms with Crippen LogP contribution in [0.4, 0.5) is 0 Å². The number of hydrogen-bond acceptors (Lipinski definition) is 2. The Morgan fingerprint density at radius 1 is 0.893 bits per heavy atom. The Kier molecular flexibility index (Phi) is 3.55. The molecule has 0 aliphatic carbocycles. The number of aromatic amines is 1. The van der Waals surface area contributed by atoms with Crippen LogP contribution in [0.2, 0.25) is 0 Å². The molecule has 0 fully saturated rings. The zero-order valence-corrected chi connectivity index (χ0v) is 14.8. The van der Waals surface area contributed by atoms with Crippen molar-refractivity contribution in [2.24, 2.45) is 0 Å². The fraction of sp³-hybridized carbons (Fsp3) is 0.0435. The second-order valence-electron chi connectivity index (χ2n) is 6.79. The fourth-order valence-corrected chi connectivity index (χ4v) is 3.93. The van der Waals surface area contributed by atoms with Gasteiger partial charge in [0.2, 0.25) is 0 Å². The van der Waals surface area contributed by atoms with Crippen LogP contribution >= 0.6 is 0 Å². The fourth-order valence-electron chi connectivity index (χ4n) is 3.93. The van der Waals surface area contributed by atoms with Gasteiger partial charge in [0, 0.05) is 17.4 Å². The minimum absolute atomic E-state index is 0.0849. The smallest absolute Gasteiger partial charge is 0.335 e. The van der Waals surface area contributed by atoms with Crippen molar-refractivity contribution in [2.45, 2.75) is 6.42 Å². The van der Waals surface area contributed by atoms with E-state index in [2.05, 4.69) is 4.98 Å². The number of carboxylic acids is 1. The molecule has 28 heavy (non-hydrogen) atoms. The standard InChI is InChI=1S/C23H16N2O3/c26-22-17-10-4-3-9-16(17)18(13-14-7-1-2-8-15(14)23(27)28)21-24-19-11-5-6-12-20(19)25(21)22/h1-12,24H,13H2,(H,27,28). The van der Waals surface area contributed by atoms with Gasteiger partial charge in [0.1, 0.15) is 5.65 Å². The lowest BCUT2D eigenvalue weighted by atomic mass is 9.96. The van der Waals surface area contributed by atoms with Crippen LogP contribution in [0.25, 0.3) is 27.5 Å². The summed E-state index contributed by atoms with van der Waals surface area (Å²) in [7, 11) is 0.